The van der Waals surface area contributed by atoms with Gasteiger partial charge in [-0.05, 0) is 48.4 Å². The molecular formula is C19H21NO5. The summed E-state index contributed by atoms with van der Waals surface area (Å²) in [5.74, 6) is 0.509. The van der Waals surface area contributed by atoms with Gasteiger partial charge in [-0.25, -0.2) is 0 Å². The number of carbonyl (C=O) groups excluding carboxylic acids is 1. The third-order valence-corrected chi connectivity index (χ3v) is 3.47. The molecule has 2 N–H and O–H groups in total. The van der Waals surface area contributed by atoms with Crippen LogP contribution in [-0.2, 0) is 16.0 Å². The molecule has 0 aliphatic heterocycles. The summed E-state index contributed by atoms with van der Waals surface area (Å²) in [7, 11) is 1.61. The normalized spacial score (nSPS) is 10.1. The van der Waals surface area contributed by atoms with E-state index < -0.39 is 5.97 Å². The van der Waals surface area contributed by atoms with E-state index in [2.05, 4.69) is 5.32 Å². The van der Waals surface area contributed by atoms with E-state index in [1.54, 1.807) is 31.4 Å². The van der Waals surface area contributed by atoms with Gasteiger partial charge in [0.2, 0.25) is 5.91 Å². The number of rotatable bonds is 9. The Morgan fingerprint density at radius 1 is 1.00 bits per heavy atom. The fraction of sp³-hybridized carbons (Fsp3) is 0.263. The maximum absolute atomic E-state index is 11.9. The van der Waals surface area contributed by atoms with Crippen molar-refractivity contribution in [2.24, 2.45) is 0 Å². The third kappa shape index (κ3) is 6.55. The first-order chi connectivity index (χ1) is 12.1. The van der Waals surface area contributed by atoms with Gasteiger partial charge < -0.3 is 19.9 Å². The van der Waals surface area contributed by atoms with Crippen LogP contribution in [0.15, 0.2) is 48.5 Å². The molecule has 0 saturated carbocycles. The predicted octanol–water partition coefficient (Wildman–Crippen LogP) is 3.12. The number of hydrogen-bond donors (Lipinski definition) is 2. The molecule has 25 heavy (non-hydrogen) atoms. The number of ether oxygens (including phenoxy) is 2. The molecule has 6 nitrogen and oxygen atoms in total. The number of methoxy groups -OCH3 is 1. The fourth-order valence-electron chi connectivity index (χ4n) is 2.20. The molecule has 6 heteroatoms. The van der Waals surface area contributed by atoms with Crippen LogP contribution in [0, 0.1) is 0 Å². The Kier molecular flexibility index (Phi) is 6.83. The van der Waals surface area contributed by atoms with E-state index in [1.165, 1.54) is 0 Å². The minimum Gasteiger partial charge on any atom is -0.497 e. The molecule has 0 radical (unpaired) electrons. The second-order valence-corrected chi connectivity index (χ2v) is 5.44. The molecule has 2 rings (SSSR count). The number of nitrogens with one attached hydrogen (secondary N) is 1. The van der Waals surface area contributed by atoms with Crippen molar-refractivity contribution in [1.29, 1.82) is 0 Å². The van der Waals surface area contributed by atoms with Crippen molar-refractivity contribution in [2.75, 3.05) is 19.0 Å². The second-order valence-electron chi connectivity index (χ2n) is 5.44. The molecule has 0 unspecified atom stereocenters. The van der Waals surface area contributed by atoms with E-state index in [4.69, 9.17) is 14.6 Å². The highest BCUT2D eigenvalue weighted by Gasteiger charge is 2.04. The molecule has 0 bridgehead atoms. The van der Waals surface area contributed by atoms with Crippen LogP contribution in [0.25, 0.3) is 0 Å². The standard InChI is InChI=1S/C19H21NO5/c1-24-16-8-10-17(11-9-16)25-12-2-3-18(21)20-15-6-4-14(5-7-15)13-19(22)23/h4-11H,2-3,12-13H2,1H3,(H,20,21)(H,22,23). The molecule has 0 aromatic heterocycles. The molecule has 0 spiro atoms. The maximum atomic E-state index is 11.9. The highest BCUT2D eigenvalue weighted by atomic mass is 16.5. The van der Waals surface area contributed by atoms with Gasteiger partial charge in [-0.2, -0.15) is 0 Å². The summed E-state index contributed by atoms with van der Waals surface area (Å²) in [6.07, 6.45) is 0.902. The largest absolute Gasteiger partial charge is 0.497 e. The van der Waals surface area contributed by atoms with Crippen molar-refractivity contribution in [3.05, 3.63) is 54.1 Å². The molecule has 0 atom stereocenters. The van der Waals surface area contributed by atoms with Gasteiger partial charge in [-0.3, -0.25) is 9.59 Å². The van der Waals surface area contributed by atoms with Crippen molar-refractivity contribution in [1.82, 2.24) is 0 Å². The number of benzene rings is 2. The van der Waals surface area contributed by atoms with Gasteiger partial charge in [-0.15, -0.1) is 0 Å². The van der Waals surface area contributed by atoms with Gasteiger partial charge in [-0.1, -0.05) is 12.1 Å². The highest BCUT2D eigenvalue weighted by molar-refractivity contribution is 5.90. The Morgan fingerprint density at radius 2 is 1.64 bits per heavy atom. The molecule has 0 fully saturated rings. The smallest absolute Gasteiger partial charge is 0.307 e. The third-order valence-electron chi connectivity index (χ3n) is 3.47. The van der Waals surface area contributed by atoms with Crippen molar-refractivity contribution in [3.8, 4) is 11.5 Å². The Labute approximate surface area is 146 Å². The molecule has 0 aliphatic carbocycles. The van der Waals surface area contributed by atoms with Crippen LogP contribution in [-0.4, -0.2) is 30.7 Å². The number of hydrogen-bond acceptors (Lipinski definition) is 4. The van der Waals surface area contributed by atoms with Crippen molar-refractivity contribution in [2.45, 2.75) is 19.3 Å². The van der Waals surface area contributed by atoms with Crippen LogP contribution in [0.5, 0.6) is 11.5 Å². The summed E-state index contributed by atoms with van der Waals surface area (Å²) >= 11 is 0. The number of aliphatic carboxylic acids is 1. The molecular weight excluding hydrogens is 322 g/mol. The van der Waals surface area contributed by atoms with E-state index in [-0.39, 0.29) is 12.3 Å². The average molecular weight is 343 g/mol. The summed E-state index contributed by atoms with van der Waals surface area (Å²) in [5, 5.41) is 11.5. The highest BCUT2D eigenvalue weighted by Crippen LogP contribution is 2.17. The van der Waals surface area contributed by atoms with Gasteiger partial charge in [0.15, 0.2) is 0 Å². The van der Waals surface area contributed by atoms with Crippen LogP contribution in [0.4, 0.5) is 5.69 Å². The maximum Gasteiger partial charge on any atom is 0.307 e. The predicted molar refractivity (Wildman–Crippen MR) is 94.1 cm³/mol. The van der Waals surface area contributed by atoms with E-state index in [1.807, 2.05) is 24.3 Å². The average Bonchev–Trinajstić information content (AvgIpc) is 2.60. The lowest BCUT2D eigenvalue weighted by Crippen LogP contribution is -2.13. The minimum atomic E-state index is -0.881. The topological polar surface area (TPSA) is 84.9 Å². The van der Waals surface area contributed by atoms with Gasteiger partial charge in [0.25, 0.3) is 0 Å². The summed E-state index contributed by atoms with van der Waals surface area (Å²) in [6, 6.07) is 14.0. The minimum absolute atomic E-state index is 0.0308. The summed E-state index contributed by atoms with van der Waals surface area (Å²) < 4.78 is 10.6. The zero-order valence-electron chi connectivity index (χ0n) is 14.0. The van der Waals surface area contributed by atoms with E-state index in [9.17, 15) is 9.59 Å². The van der Waals surface area contributed by atoms with Gasteiger partial charge in [0.1, 0.15) is 11.5 Å². The number of amides is 1. The van der Waals surface area contributed by atoms with Crippen LogP contribution in [0.1, 0.15) is 18.4 Å². The zero-order chi connectivity index (χ0) is 18.1. The molecule has 2 aromatic carbocycles. The van der Waals surface area contributed by atoms with E-state index in [0.717, 1.165) is 11.5 Å². The Hall–Kier alpha value is -3.02. The Bertz CT molecular complexity index is 695. The van der Waals surface area contributed by atoms with E-state index >= 15 is 0 Å². The van der Waals surface area contributed by atoms with Crippen LogP contribution in [0.2, 0.25) is 0 Å². The first-order valence-electron chi connectivity index (χ1n) is 7.94. The molecule has 0 aliphatic rings. The molecule has 0 saturated heterocycles. The number of carbonyl (C=O) groups is 2. The van der Waals surface area contributed by atoms with Crippen LogP contribution >= 0.6 is 0 Å². The summed E-state index contributed by atoms with van der Waals surface area (Å²) in [6.45, 7) is 0.442. The fourth-order valence-corrected chi connectivity index (χ4v) is 2.20. The van der Waals surface area contributed by atoms with Crippen molar-refractivity contribution >= 4 is 17.6 Å². The number of carboxylic acids is 1. The van der Waals surface area contributed by atoms with Crippen LogP contribution < -0.4 is 14.8 Å². The molecule has 2 aromatic rings. The SMILES string of the molecule is COc1ccc(OCCCC(=O)Nc2ccc(CC(=O)O)cc2)cc1. The first-order valence-corrected chi connectivity index (χ1v) is 7.94. The Morgan fingerprint density at radius 3 is 2.24 bits per heavy atom. The lowest BCUT2D eigenvalue weighted by molar-refractivity contribution is -0.136. The second kappa shape index (κ2) is 9.32. The van der Waals surface area contributed by atoms with Gasteiger partial charge >= 0.3 is 5.97 Å². The van der Waals surface area contributed by atoms with Crippen molar-refractivity contribution in [3.63, 3.8) is 0 Å². The molecule has 0 heterocycles. The molecule has 132 valence electrons. The number of anilines is 1. The quantitative estimate of drug-likeness (QED) is 0.683. The lowest BCUT2D eigenvalue weighted by atomic mass is 10.1. The summed E-state index contributed by atoms with van der Waals surface area (Å²) in [5.41, 5.74) is 1.34. The lowest BCUT2D eigenvalue weighted by Gasteiger charge is -2.08. The summed E-state index contributed by atoms with van der Waals surface area (Å²) in [4.78, 5) is 22.5. The zero-order valence-corrected chi connectivity index (χ0v) is 14.0. The Balaban J connectivity index is 1.68. The number of carboxylic acid groups (broad SMARTS) is 1. The van der Waals surface area contributed by atoms with Crippen molar-refractivity contribution < 1.29 is 24.2 Å². The van der Waals surface area contributed by atoms with Crippen LogP contribution in [0.3, 0.4) is 0 Å². The monoisotopic (exact) mass is 343 g/mol. The van der Waals surface area contributed by atoms with E-state index in [0.29, 0.717) is 30.7 Å². The molecule has 1 amide bonds. The van der Waals surface area contributed by atoms with Gasteiger partial charge in [0.05, 0.1) is 20.1 Å². The first kappa shape index (κ1) is 18.3. The van der Waals surface area contributed by atoms with Gasteiger partial charge in [0, 0.05) is 12.1 Å².